The van der Waals surface area contributed by atoms with Crippen molar-refractivity contribution in [3.8, 4) is 0 Å². The zero-order valence-electron chi connectivity index (χ0n) is 8.33. The highest BCUT2D eigenvalue weighted by molar-refractivity contribution is 5.71. The lowest BCUT2D eigenvalue weighted by molar-refractivity contribution is -0.132. The molecule has 0 atom stereocenters. The monoisotopic (exact) mass is 194 g/mol. The van der Waals surface area contributed by atoms with Gasteiger partial charge in [0.25, 0.3) is 0 Å². The normalized spacial score (nSPS) is 9.86. The first-order chi connectivity index (χ1) is 6.61. The van der Waals surface area contributed by atoms with E-state index in [1.165, 1.54) is 6.92 Å². The van der Waals surface area contributed by atoms with Gasteiger partial charge in [-0.1, -0.05) is 12.1 Å². The number of benzene rings is 1. The SMILES string of the molecule is CC(=O)NOCc1c(C)cccc1N. The summed E-state index contributed by atoms with van der Waals surface area (Å²) in [7, 11) is 0. The van der Waals surface area contributed by atoms with Gasteiger partial charge in [0, 0.05) is 18.2 Å². The third kappa shape index (κ3) is 2.74. The fourth-order valence-corrected chi connectivity index (χ4v) is 1.13. The van der Waals surface area contributed by atoms with E-state index < -0.39 is 0 Å². The summed E-state index contributed by atoms with van der Waals surface area (Å²) in [5.74, 6) is -0.225. The number of amides is 1. The predicted molar refractivity (Wildman–Crippen MR) is 54.2 cm³/mol. The van der Waals surface area contributed by atoms with Gasteiger partial charge in [-0.2, -0.15) is 0 Å². The van der Waals surface area contributed by atoms with Gasteiger partial charge in [-0.15, -0.1) is 0 Å². The number of nitrogens with one attached hydrogen (secondary N) is 1. The van der Waals surface area contributed by atoms with E-state index in [1.54, 1.807) is 6.07 Å². The molecule has 1 aromatic carbocycles. The number of anilines is 1. The van der Waals surface area contributed by atoms with E-state index in [0.29, 0.717) is 5.69 Å². The zero-order chi connectivity index (χ0) is 10.6. The van der Waals surface area contributed by atoms with Crippen LogP contribution in [0.15, 0.2) is 18.2 Å². The Morgan fingerprint density at radius 3 is 2.86 bits per heavy atom. The molecule has 0 saturated carbocycles. The molecule has 0 heterocycles. The maximum Gasteiger partial charge on any atom is 0.240 e. The summed E-state index contributed by atoms with van der Waals surface area (Å²) >= 11 is 0. The van der Waals surface area contributed by atoms with Crippen LogP contribution in [-0.4, -0.2) is 5.91 Å². The Morgan fingerprint density at radius 1 is 1.57 bits per heavy atom. The van der Waals surface area contributed by atoms with Gasteiger partial charge in [-0.25, -0.2) is 5.48 Å². The fraction of sp³-hybridized carbons (Fsp3) is 0.300. The van der Waals surface area contributed by atoms with Crippen molar-refractivity contribution >= 4 is 11.6 Å². The van der Waals surface area contributed by atoms with Crippen molar-refractivity contribution in [2.45, 2.75) is 20.5 Å². The van der Waals surface area contributed by atoms with Crippen LogP contribution in [0, 0.1) is 6.92 Å². The van der Waals surface area contributed by atoms with Crippen molar-refractivity contribution in [3.63, 3.8) is 0 Å². The average molecular weight is 194 g/mol. The second-order valence-corrected chi connectivity index (χ2v) is 3.09. The molecule has 0 saturated heterocycles. The van der Waals surface area contributed by atoms with Gasteiger partial charge in [0.05, 0.1) is 0 Å². The average Bonchev–Trinajstić information content (AvgIpc) is 2.09. The topological polar surface area (TPSA) is 64.3 Å². The maximum absolute atomic E-state index is 10.5. The third-order valence-corrected chi connectivity index (χ3v) is 1.88. The smallest absolute Gasteiger partial charge is 0.240 e. The first-order valence-electron chi connectivity index (χ1n) is 4.33. The molecular weight excluding hydrogens is 180 g/mol. The van der Waals surface area contributed by atoms with E-state index in [0.717, 1.165) is 11.1 Å². The van der Waals surface area contributed by atoms with Gasteiger partial charge in [0.15, 0.2) is 0 Å². The number of rotatable bonds is 3. The third-order valence-electron chi connectivity index (χ3n) is 1.88. The Balaban J connectivity index is 2.62. The summed E-state index contributed by atoms with van der Waals surface area (Å²) < 4.78 is 0. The molecule has 0 aliphatic carbocycles. The van der Waals surface area contributed by atoms with Gasteiger partial charge in [0.2, 0.25) is 5.91 Å². The molecule has 0 aliphatic rings. The number of hydrogen-bond donors (Lipinski definition) is 2. The van der Waals surface area contributed by atoms with Gasteiger partial charge in [0.1, 0.15) is 6.61 Å². The first kappa shape index (κ1) is 10.5. The van der Waals surface area contributed by atoms with Crippen molar-refractivity contribution < 1.29 is 9.63 Å². The highest BCUT2D eigenvalue weighted by atomic mass is 16.6. The van der Waals surface area contributed by atoms with E-state index in [-0.39, 0.29) is 12.5 Å². The fourth-order valence-electron chi connectivity index (χ4n) is 1.13. The minimum absolute atomic E-state index is 0.225. The molecule has 1 amide bonds. The number of aryl methyl sites for hydroxylation is 1. The van der Waals surface area contributed by atoms with Crippen LogP contribution in [0.3, 0.4) is 0 Å². The van der Waals surface area contributed by atoms with Crippen molar-refractivity contribution in [2.75, 3.05) is 5.73 Å². The summed E-state index contributed by atoms with van der Waals surface area (Å²) in [6, 6.07) is 5.63. The van der Waals surface area contributed by atoms with Crippen LogP contribution in [0.4, 0.5) is 5.69 Å². The van der Waals surface area contributed by atoms with Crippen molar-refractivity contribution in [1.82, 2.24) is 5.48 Å². The minimum atomic E-state index is -0.225. The van der Waals surface area contributed by atoms with E-state index >= 15 is 0 Å². The quantitative estimate of drug-likeness (QED) is 0.560. The van der Waals surface area contributed by atoms with E-state index in [4.69, 9.17) is 10.6 Å². The van der Waals surface area contributed by atoms with Gasteiger partial charge in [-0.05, 0) is 18.6 Å². The molecule has 76 valence electrons. The van der Waals surface area contributed by atoms with Gasteiger partial charge >= 0.3 is 0 Å². The van der Waals surface area contributed by atoms with Crippen molar-refractivity contribution in [1.29, 1.82) is 0 Å². The maximum atomic E-state index is 10.5. The molecule has 0 bridgehead atoms. The number of nitrogens with two attached hydrogens (primary N) is 1. The lowest BCUT2D eigenvalue weighted by atomic mass is 10.1. The number of hydroxylamine groups is 1. The van der Waals surface area contributed by atoms with Crippen LogP contribution in [0.5, 0.6) is 0 Å². The van der Waals surface area contributed by atoms with E-state index in [9.17, 15) is 4.79 Å². The Labute approximate surface area is 83.0 Å². The lowest BCUT2D eigenvalue weighted by Gasteiger charge is -2.09. The number of hydrogen-bond acceptors (Lipinski definition) is 3. The molecule has 0 unspecified atom stereocenters. The molecule has 0 aliphatic heterocycles. The molecule has 0 radical (unpaired) electrons. The van der Waals surface area contributed by atoms with Crippen LogP contribution < -0.4 is 11.2 Å². The molecule has 1 aromatic rings. The highest BCUT2D eigenvalue weighted by Gasteiger charge is 2.02. The van der Waals surface area contributed by atoms with Crippen LogP contribution in [0.1, 0.15) is 18.1 Å². The molecule has 0 aromatic heterocycles. The molecule has 0 spiro atoms. The summed E-state index contributed by atoms with van der Waals surface area (Å²) in [4.78, 5) is 15.5. The highest BCUT2D eigenvalue weighted by Crippen LogP contribution is 2.16. The summed E-state index contributed by atoms with van der Waals surface area (Å²) in [6.45, 7) is 3.63. The second-order valence-electron chi connectivity index (χ2n) is 3.09. The first-order valence-corrected chi connectivity index (χ1v) is 4.33. The van der Waals surface area contributed by atoms with Crippen LogP contribution >= 0.6 is 0 Å². The van der Waals surface area contributed by atoms with Crippen molar-refractivity contribution in [3.05, 3.63) is 29.3 Å². The number of nitrogen functional groups attached to an aromatic ring is 1. The second kappa shape index (κ2) is 4.62. The largest absolute Gasteiger partial charge is 0.398 e. The summed E-state index contributed by atoms with van der Waals surface area (Å²) in [6.07, 6.45) is 0. The number of carbonyl (C=O) groups is 1. The van der Waals surface area contributed by atoms with E-state index in [2.05, 4.69) is 5.48 Å². The molecule has 0 fully saturated rings. The predicted octanol–water partition coefficient (Wildman–Crippen LogP) is 1.14. The number of carbonyl (C=O) groups excluding carboxylic acids is 1. The van der Waals surface area contributed by atoms with Crippen LogP contribution in [0.25, 0.3) is 0 Å². The molecule has 4 heteroatoms. The molecular formula is C10H14N2O2. The lowest BCUT2D eigenvalue weighted by Crippen LogP contribution is -2.20. The van der Waals surface area contributed by atoms with Gasteiger partial charge in [-0.3, -0.25) is 9.63 Å². The Morgan fingerprint density at radius 2 is 2.29 bits per heavy atom. The summed E-state index contributed by atoms with van der Waals surface area (Å²) in [5.41, 5.74) is 10.6. The Hall–Kier alpha value is -1.55. The van der Waals surface area contributed by atoms with Gasteiger partial charge < -0.3 is 5.73 Å². The molecule has 14 heavy (non-hydrogen) atoms. The molecule has 3 N–H and O–H groups in total. The minimum Gasteiger partial charge on any atom is -0.398 e. The Bertz CT molecular complexity index is 317. The van der Waals surface area contributed by atoms with E-state index in [1.807, 2.05) is 19.1 Å². The molecule has 1 rings (SSSR count). The van der Waals surface area contributed by atoms with Crippen LogP contribution in [-0.2, 0) is 16.2 Å². The van der Waals surface area contributed by atoms with Crippen molar-refractivity contribution in [2.24, 2.45) is 0 Å². The zero-order valence-corrected chi connectivity index (χ0v) is 8.33. The standard InChI is InChI=1S/C10H14N2O2/c1-7-4-3-5-10(11)9(7)6-14-12-8(2)13/h3-5H,6,11H2,1-2H3,(H,12,13). The van der Waals surface area contributed by atoms with Crippen LogP contribution in [0.2, 0.25) is 0 Å². The molecule has 4 nitrogen and oxygen atoms in total. The Kier molecular flexibility index (Phi) is 3.48. The summed E-state index contributed by atoms with van der Waals surface area (Å²) in [5, 5.41) is 0.